The topological polar surface area (TPSA) is 23.5 Å². The molecule has 0 amide bonds. The van der Waals surface area contributed by atoms with E-state index in [2.05, 4.69) is 85.5 Å². The van der Waals surface area contributed by atoms with E-state index >= 15 is 0 Å². The van der Waals surface area contributed by atoms with Crippen molar-refractivity contribution in [3.05, 3.63) is 107 Å². The minimum Gasteiger partial charge on any atom is -0.508 e. The number of benzene rings is 4. The van der Waals surface area contributed by atoms with Crippen molar-refractivity contribution in [2.45, 2.75) is 26.7 Å². The molecule has 0 spiro atoms. The molecule has 0 aromatic heterocycles. The molecule has 1 aliphatic carbocycles. The minimum absolute atomic E-state index is 0.326. The Labute approximate surface area is 178 Å². The second-order valence-electron chi connectivity index (χ2n) is 8.19. The Balaban J connectivity index is 1.63. The third-order valence-electron chi connectivity index (χ3n) is 5.98. The molecule has 1 aliphatic rings. The van der Waals surface area contributed by atoms with E-state index in [1.54, 1.807) is 6.07 Å². The summed E-state index contributed by atoms with van der Waals surface area (Å²) in [6.45, 7) is 4.23. The van der Waals surface area contributed by atoms with E-state index in [9.17, 15) is 5.11 Å². The van der Waals surface area contributed by atoms with Crippen LogP contribution in [0.5, 0.6) is 5.75 Å². The number of aryl methyl sites for hydroxylation is 4. The molecule has 0 atom stereocenters. The van der Waals surface area contributed by atoms with Gasteiger partial charge >= 0.3 is 0 Å². The molecule has 4 aromatic carbocycles. The van der Waals surface area contributed by atoms with Gasteiger partial charge < -0.3 is 10.0 Å². The first kappa shape index (κ1) is 18.5. The number of hydrogen-bond donors (Lipinski definition) is 1. The van der Waals surface area contributed by atoms with Gasteiger partial charge in [0.1, 0.15) is 5.75 Å². The largest absolute Gasteiger partial charge is 0.508 e. The summed E-state index contributed by atoms with van der Waals surface area (Å²) in [5.74, 6) is 0.326. The summed E-state index contributed by atoms with van der Waals surface area (Å²) in [6, 6.07) is 29.8. The van der Waals surface area contributed by atoms with Crippen molar-refractivity contribution in [3.63, 3.8) is 0 Å². The monoisotopic (exact) mass is 391 g/mol. The lowest BCUT2D eigenvalue weighted by Gasteiger charge is -2.28. The van der Waals surface area contributed by atoms with Crippen LogP contribution in [0.15, 0.2) is 84.9 Å². The Bertz CT molecular complexity index is 1160. The summed E-state index contributed by atoms with van der Waals surface area (Å²) in [5.41, 5.74) is 11.0. The van der Waals surface area contributed by atoms with Gasteiger partial charge in [-0.2, -0.15) is 0 Å². The lowest BCUT2D eigenvalue weighted by atomic mass is 9.85. The standard InChI is InChI=1S/C28H25NO/c1-19-3-10-23(11-4-19)29(24-12-5-20(2)6-13-24)25-14-16-27-22(17-25)8-7-21-9-15-26(30)18-28(21)27/h3-6,9-18,30H,7-8H2,1-2H3. The van der Waals surface area contributed by atoms with E-state index in [4.69, 9.17) is 0 Å². The molecule has 0 radical (unpaired) electrons. The number of aromatic hydroxyl groups is 1. The van der Waals surface area contributed by atoms with Crippen molar-refractivity contribution in [2.24, 2.45) is 0 Å². The van der Waals surface area contributed by atoms with Gasteiger partial charge in [-0.05, 0) is 97.5 Å². The quantitative estimate of drug-likeness (QED) is 0.398. The zero-order valence-electron chi connectivity index (χ0n) is 17.4. The number of hydrogen-bond acceptors (Lipinski definition) is 2. The summed E-state index contributed by atoms with van der Waals surface area (Å²) >= 11 is 0. The highest BCUT2D eigenvalue weighted by Gasteiger charge is 2.19. The van der Waals surface area contributed by atoms with Crippen molar-refractivity contribution in [2.75, 3.05) is 4.90 Å². The van der Waals surface area contributed by atoms with Crippen LogP contribution in [-0.4, -0.2) is 5.11 Å². The predicted octanol–water partition coefficient (Wildman–Crippen LogP) is 7.24. The summed E-state index contributed by atoms with van der Waals surface area (Å²) in [4.78, 5) is 2.32. The van der Waals surface area contributed by atoms with Crippen molar-refractivity contribution in [3.8, 4) is 16.9 Å². The van der Waals surface area contributed by atoms with Gasteiger partial charge in [-0.15, -0.1) is 0 Å². The second-order valence-corrected chi connectivity index (χ2v) is 8.19. The van der Waals surface area contributed by atoms with Crippen LogP contribution >= 0.6 is 0 Å². The predicted molar refractivity (Wildman–Crippen MR) is 125 cm³/mol. The molecule has 0 unspecified atom stereocenters. The van der Waals surface area contributed by atoms with Gasteiger partial charge in [-0.3, -0.25) is 0 Å². The second kappa shape index (κ2) is 7.38. The Hall–Kier alpha value is -3.52. The van der Waals surface area contributed by atoms with Crippen molar-refractivity contribution in [1.29, 1.82) is 0 Å². The van der Waals surface area contributed by atoms with Crippen LogP contribution in [0.1, 0.15) is 22.3 Å². The van der Waals surface area contributed by atoms with Crippen LogP contribution in [-0.2, 0) is 12.8 Å². The van der Waals surface area contributed by atoms with Gasteiger partial charge in [0.15, 0.2) is 0 Å². The Kier molecular flexibility index (Phi) is 4.55. The number of phenolic OH excluding ortho intramolecular Hbond substituents is 1. The van der Waals surface area contributed by atoms with Crippen LogP contribution in [0.25, 0.3) is 11.1 Å². The van der Waals surface area contributed by atoms with Crippen molar-refractivity contribution >= 4 is 17.1 Å². The third kappa shape index (κ3) is 3.35. The molecule has 1 N–H and O–H groups in total. The first-order chi connectivity index (χ1) is 14.6. The SMILES string of the molecule is Cc1ccc(N(c2ccc(C)cc2)c2ccc3c(c2)CCc2ccc(O)cc2-3)cc1. The lowest BCUT2D eigenvalue weighted by Crippen LogP contribution is -2.12. The molecule has 2 heteroatoms. The maximum Gasteiger partial charge on any atom is 0.116 e. The zero-order chi connectivity index (χ0) is 20.7. The summed E-state index contributed by atoms with van der Waals surface area (Å²) in [6.07, 6.45) is 2.01. The first-order valence-electron chi connectivity index (χ1n) is 10.5. The van der Waals surface area contributed by atoms with Gasteiger partial charge in [0.05, 0.1) is 0 Å². The highest BCUT2D eigenvalue weighted by Crippen LogP contribution is 2.40. The Morgan fingerprint density at radius 2 is 1.13 bits per heavy atom. The molecule has 30 heavy (non-hydrogen) atoms. The lowest BCUT2D eigenvalue weighted by molar-refractivity contribution is 0.475. The van der Waals surface area contributed by atoms with Crippen LogP contribution in [0, 0.1) is 13.8 Å². The highest BCUT2D eigenvalue weighted by atomic mass is 16.3. The average Bonchev–Trinajstić information content (AvgIpc) is 2.76. The minimum atomic E-state index is 0.326. The summed E-state index contributed by atoms with van der Waals surface area (Å²) in [7, 11) is 0. The van der Waals surface area contributed by atoms with E-state index in [0.717, 1.165) is 35.5 Å². The molecule has 0 heterocycles. The summed E-state index contributed by atoms with van der Waals surface area (Å²) in [5, 5.41) is 9.99. The fraction of sp³-hybridized carbons (Fsp3) is 0.143. The molecular weight excluding hydrogens is 366 g/mol. The van der Waals surface area contributed by atoms with Gasteiger partial charge in [-0.1, -0.05) is 47.5 Å². The van der Waals surface area contributed by atoms with E-state index in [1.807, 2.05) is 12.1 Å². The fourth-order valence-corrected chi connectivity index (χ4v) is 4.33. The number of anilines is 3. The molecule has 148 valence electrons. The molecule has 0 aliphatic heterocycles. The van der Waals surface area contributed by atoms with Gasteiger partial charge in [0, 0.05) is 17.1 Å². The highest BCUT2D eigenvalue weighted by molar-refractivity contribution is 5.81. The number of fused-ring (bicyclic) bond motifs is 3. The zero-order valence-corrected chi connectivity index (χ0v) is 17.4. The van der Waals surface area contributed by atoms with Gasteiger partial charge in [0.25, 0.3) is 0 Å². The number of nitrogens with zero attached hydrogens (tertiary/aromatic N) is 1. The Morgan fingerprint density at radius 1 is 0.567 bits per heavy atom. The van der Waals surface area contributed by atoms with E-state index in [1.165, 1.54) is 27.8 Å². The maximum atomic E-state index is 9.99. The smallest absolute Gasteiger partial charge is 0.116 e. The third-order valence-corrected chi connectivity index (χ3v) is 5.98. The molecule has 0 saturated carbocycles. The van der Waals surface area contributed by atoms with Crippen molar-refractivity contribution < 1.29 is 5.11 Å². The number of rotatable bonds is 3. The Morgan fingerprint density at radius 3 is 1.77 bits per heavy atom. The van der Waals surface area contributed by atoms with Gasteiger partial charge in [-0.25, -0.2) is 0 Å². The molecule has 2 nitrogen and oxygen atoms in total. The normalized spacial score (nSPS) is 12.2. The van der Waals surface area contributed by atoms with E-state index in [0.29, 0.717) is 5.75 Å². The molecule has 0 fully saturated rings. The average molecular weight is 392 g/mol. The van der Waals surface area contributed by atoms with Crippen molar-refractivity contribution in [1.82, 2.24) is 0 Å². The number of phenols is 1. The molecule has 0 saturated heterocycles. The summed E-state index contributed by atoms with van der Waals surface area (Å²) < 4.78 is 0. The fourth-order valence-electron chi connectivity index (χ4n) is 4.33. The molecule has 5 rings (SSSR count). The van der Waals surface area contributed by atoms with E-state index in [-0.39, 0.29) is 0 Å². The first-order valence-corrected chi connectivity index (χ1v) is 10.5. The van der Waals surface area contributed by atoms with Crippen LogP contribution in [0.3, 0.4) is 0 Å². The van der Waals surface area contributed by atoms with Gasteiger partial charge in [0.2, 0.25) is 0 Å². The molecular formula is C28H25NO. The van der Waals surface area contributed by atoms with Crippen LogP contribution in [0.2, 0.25) is 0 Å². The molecule has 4 aromatic rings. The molecule has 0 bridgehead atoms. The maximum absolute atomic E-state index is 9.99. The van der Waals surface area contributed by atoms with Crippen LogP contribution in [0.4, 0.5) is 17.1 Å². The van der Waals surface area contributed by atoms with E-state index < -0.39 is 0 Å². The van der Waals surface area contributed by atoms with Crippen LogP contribution < -0.4 is 4.90 Å².